The van der Waals surface area contributed by atoms with Gasteiger partial charge in [-0.15, -0.1) is 12.4 Å². The standard InChI is InChI=1S/C24H28N2.ClH/c1-25-19-22(23-12-5-6-13-24(23)25)11-7-8-16-26-17-14-21(15-18-26)20-9-3-2-4-10-20;/h2-6,9-10,12-14,19H,7-8,11,15-18H2,1H3;1H. The normalized spacial score (nSPS) is 14.8. The van der Waals surface area contributed by atoms with E-state index in [1.807, 2.05) is 0 Å². The van der Waals surface area contributed by atoms with Crippen molar-refractivity contribution < 1.29 is 0 Å². The van der Waals surface area contributed by atoms with E-state index in [9.17, 15) is 0 Å². The summed E-state index contributed by atoms with van der Waals surface area (Å²) in [6.07, 6.45) is 9.62. The molecular weight excluding hydrogens is 352 g/mol. The van der Waals surface area contributed by atoms with Crippen molar-refractivity contribution in [1.29, 1.82) is 0 Å². The Balaban J connectivity index is 0.00000210. The van der Waals surface area contributed by atoms with Crippen LogP contribution in [0.2, 0.25) is 0 Å². The van der Waals surface area contributed by atoms with Gasteiger partial charge in [-0.1, -0.05) is 54.6 Å². The molecule has 0 saturated carbocycles. The average Bonchev–Trinajstić information content (AvgIpc) is 3.03. The number of fused-ring (bicyclic) bond motifs is 1. The molecule has 1 aliphatic heterocycles. The van der Waals surface area contributed by atoms with Crippen LogP contribution in [-0.4, -0.2) is 29.1 Å². The van der Waals surface area contributed by atoms with Gasteiger partial charge in [-0.25, -0.2) is 0 Å². The van der Waals surface area contributed by atoms with Crippen molar-refractivity contribution >= 4 is 28.9 Å². The third-order valence-corrected chi connectivity index (χ3v) is 5.59. The molecule has 142 valence electrons. The van der Waals surface area contributed by atoms with Crippen LogP contribution < -0.4 is 0 Å². The molecule has 0 radical (unpaired) electrons. The van der Waals surface area contributed by atoms with Crippen molar-refractivity contribution in [1.82, 2.24) is 9.47 Å². The number of rotatable bonds is 6. The molecule has 2 aromatic carbocycles. The van der Waals surface area contributed by atoms with E-state index in [0.717, 1.165) is 6.54 Å². The van der Waals surface area contributed by atoms with Crippen molar-refractivity contribution in [2.45, 2.75) is 25.7 Å². The maximum atomic E-state index is 2.59. The highest BCUT2D eigenvalue weighted by Gasteiger charge is 2.12. The Morgan fingerprint density at radius 1 is 0.926 bits per heavy atom. The van der Waals surface area contributed by atoms with Gasteiger partial charge >= 0.3 is 0 Å². The number of hydrogen-bond donors (Lipinski definition) is 0. The zero-order chi connectivity index (χ0) is 17.8. The lowest BCUT2D eigenvalue weighted by atomic mass is 9.99. The topological polar surface area (TPSA) is 8.17 Å². The van der Waals surface area contributed by atoms with Crippen molar-refractivity contribution in [3.63, 3.8) is 0 Å². The molecule has 0 amide bonds. The van der Waals surface area contributed by atoms with Crippen molar-refractivity contribution in [2.24, 2.45) is 7.05 Å². The molecule has 0 bridgehead atoms. The summed E-state index contributed by atoms with van der Waals surface area (Å²) in [5.41, 5.74) is 5.74. The molecule has 3 aromatic rings. The molecule has 0 aliphatic carbocycles. The maximum Gasteiger partial charge on any atom is 0.0480 e. The van der Waals surface area contributed by atoms with Gasteiger partial charge in [0.2, 0.25) is 0 Å². The Morgan fingerprint density at radius 2 is 1.70 bits per heavy atom. The number of aryl methyl sites for hydroxylation is 2. The third-order valence-electron chi connectivity index (χ3n) is 5.59. The zero-order valence-corrected chi connectivity index (χ0v) is 16.9. The summed E-state index contributed by atoms with van der Waals surface area (Å²) in [5.74, 6) is 0. The molecule has 0 atom stereocenters. The molecule has 1 aliphatic rings. The Bertz CT molecular complexity index is 895. The number of unbranched alkanes of at least 4 members (excludes halogenated alkanes) is 1. The number of halogens is 1. The predicted octanol–water partition coefficient (Wildman–Crippen LogP) is 5.71. The summed E-state index contributed by atoms with van der Waals surface area (Å²) in [6.45, 7) is 3.50. The quantitative estimate of drug-likeness (QED) is 0.497. The molecule has 4 rings (SSSR count). The first-order chi connectivity index (χ1) is 12.8. The summed E-state index contributed by atoms with van der Waals surface area (Å²) in [5, 5.41) is 1.42. The van der Waals surface area contributed by atoms with Gasteiger partial charge in [0, 0.05) is 37.2 Å². The second-order valence-electron chi connectivity index (χ2n) is 7.39. The van der Waals surface area contributed by atoms with Crippen LogP contribution in [0.4, 0.5) is 0 Å². The molecule has 0 spiro atoms. The second-order valence-corrected chi connectivity index (χ2v) is 7.39. The van der Waals surface area contributed by atoms with Crippen molar-refractivity contribution in [3.8, 4) is 0 Å². The molecule has 3 heteroatoms. The van der Waals surface area contributed by atoms with Gasteiger partial charge in [-0.2, -0.15) is 0 Å². The van der Waals surface area contributed by atoms with Crippen LogP contribution in [0.5, 0.6) is 0 Å². The largest absolute Gasteiger partial charge is 0.350 e. The monoisotopic (exact) mass is 380 g/mol. The van der Waals surface area contributed by atoms with E-state index in [0.29, 0.717) is 0 Å². The molecule has 2 nitrogen and oxygen atoms in total. The van der Waals surface area contributed by atoms with Gasteiger partial charge in [0.25, 0.3) is 0 Å². The summed E-state index contributed by atoms with van der Waals surface area (Å²) < 4.78 is 2.26. The van der Waals surface area contributed by atoms with E-state index in [1.165, 1.54) is 66.4 Å². The number of aromatic nitrogens is 1. The highest BCUT2D eigenvalue weighted by atomic mass is 35.5. The minimum Gasteiger partial charge on any atom is -0.350 e. The molecule has 0 unspecified atom stereocenters. The van der Waals surface area contributed by atoms with E-state index in [-0.39, 0.29) is 12.4 Å². The van der Waals surface area contributed by atoms with E-state index >= 15 is 0 Å². The number of benzene rings is 2. The minimum atomic E-state index is 0. The molecular formula is C24H29ClN2. The lowest BCUT2D eigenvalue weighted by Crippen LogP contribution is -2.29. The molecule has 2 heterocycles. The third kappa shape index (κ3) is 4.63. The number of hydrogen-bond acceptors (Lipinski definition) is 1. The predicted molar refractivity (Wildman–Crippen MR) is 119 cm³/mol. The average molecular weight is 381 g/mol. The zero-order valence-electron chi connectivity index (χ0n) is 16.1. The summed E-state index contributed by atoms with van der Waals surface area (Å²) >= 11 is 0. The summed E-state index contributed by atoms with van der Waals surface area (Å²) in [7, 11) is 2.15. The van der Waals surface area contributed by atoms with Crippen LogP contribution in [-0.2, 0) is 13.5 Å². The SMILES string of the molecule is Cl.Cn1cc(CCCCN2CC=C(c3ccccc3)CC2)c2ccccc21. The van der Waals surface area contributed by atoms with E-state index in [1.54, 1.807) is 0 Å². The number of para-hydroxylation sites is 1. The smallest absolute Gasteiger partial charge is 0.0480 e. The summed E-state index contributed by atoms with van der Waals surface area (Å²) in [6, 6.07) is 19.6. The van der Waals surface area contributed by atoms with Crippen LogP contribution in [0.15, 0.2) is 66.9 Å². The Morgan fingerprint density at radius 3 is 2.48 bits per heavy atom. The minimum absolute atomic E-state index is 0. The van der Waals surface area contributed by atoms with Gasteiger partial charge in [0.1, 0.15) is 0 Å². The van der Waals surface area contributed by atoms with Crippen molar-refractivity contribution in [3.05, 3.63) is 78.0 Å². The van der Waals surface area contributed by atoms with Gasteiger partial charge in [-0.3, -0.25) is 4.90 Å². The lowest BCUT2D eigenvalue weighted by molar-refractivity contribution is 0.295. The van der Waals surface area contributed by atoms with Crippen LogP contribution in [0.25, 0.3) is 16.5 Å². The fourth-order valence-corrected chi connectivity index (χ4v) is 4.10. The van der Waals surface area contributed by atoms with E-state index in [4.69, 9.17) is 0 Å². The van der Waals surface area contributed by atoms with Crippen LogP contribution in [0.1, 0.15) is 30.4 Å². The molecule has 0 saturated heterocycles. The van der Waals surface area contributed by atoms with Gasteiger partial charge < -0.3 is 4.57 Å². The Hall–Kier alpha value is -2.03. The van der Waals surface area contributed by atoms with E-state index < -0.39 is 0 Å². The van der Waals surface area contributed by atoms with E-state index in [2.05, 4.69) is 83.4 Å². The van der Waals surface area contributed by atoms with Gasteiger partial charge in [0.05, 0.1) is 0 Å². The fraction of sp³-hybridized carbons (Fsp3) is 0.333. The summed E-state index contributed by atoms with van der Waals surface area (Å²) in [4.78, 5) is 2.59. The highest BCUT2D eigenvalue weighted by Crippen LogP contribution is 2.23. The lowest BCUT2D eigenvalue weighted by Gasteiger charge is -2.26. The van der Waals surface area contributed by atoms with Crippen LogP contribution in [0.3, 0.4) is 0 Å². The second kappa shape index (κ2) is 9.25. The van der Waals surface area contributed by atoms with Gasteiger partial charge in [0.15, 0.2) is 0 Å². The van der Waals surface area contributed by atoms with Crippen LogP contribution >= 0.6 is 12.4 Å². The first kappa shape index (κ1) is 19.7. The highest BCUT2D eigenvalue weighted by molar-refractivity contribution is 5.85. The number of nitrogens with zero attached hydrogens (tertiary/aromatic N) is 2. The maximum absolute atomic E-state index is 2.59. The molecule has 0 N–H and O–H groups in total. The Labute approximate surface area is 168 Å². The fourth-order valence-electron chi connectivity index (χ4n) is 4.10. The first-order valence-corrected chi connectivity index (χ1v) is 9.81. The first-order valence-electron chi connectivity index (χ1n) is 9.81. The Kier molecular flexibility index (Phi) is 6.76. The molecule has 0 fully saturated rings. The van der Waals surface area contributed by atoms with Crippen LogP contribution in [0, 0.1) is 0 Å². The molecule has 27 heavy (non-hydrogen) atoms. The van der Waals surface area contributed by atoms with Crippen molar-refractivity contribution in [2.75, 3.05) is 19.6 Å². The van der Waals surface area contributed by atoms with Gasteiger partial charge in [-0.05, 0) is 55.0 Å². The molecule has 1 aromatic heterocycles.